The minimum absolute atomic E-state index is 0.305. The van der Waals surface area contributed by atoms with E-state index in [2.05, 4.69) is 25.5 Å². The molecule has 1 aliphatic carbocycles. The molecule has 11 heteroatoms. The van der Waals surface area contributed by atoms with E-state index in [0.717, 1.165) is 45.1 Å². The Labute approximate surface area is 236 Å². The van der Waals surface area contributed by atoms with Crippen molar-refractivity contribution in [2.75, 3.05) is 30.5 Å². The summed E-state index contributed by atoms with van der Waals surface area (Å²) in [6.45, 7) is 4.77. The maximum Gasteiger partial charge on any atom is 0.358 e. The van der Waals surface area contributed by atoms with Crippen LogP contribution in [0.4, 0.5) is 21.9 Å². The Morgan fingerprint density at radius 3 is 2.72 bits per heavy atom. The van der Waals surface area contributed by atoms with Crippen LogP contribution >= 0.6 is 22.7 Å². The second kappa shape index (κ2) is 12.8. The highest BCUT2D eigenvalue weighted by molar-refractivity contribution is 7.22. The maximum absolute atomic E-state index is 12.7. The van der Waals surface area contributed by atoms with Gasteiger partial charge in [-0.1, -0.05) is 42.7 Å². The van der Waals surface area contributed by atoms with Crippen LogP contribution in [0.2, 0.25) is 0 Å². The number of rotatable bonds is 11. The number of hydrogen-bond donors (Lipinski definition) is 1. The zero-order valence-electron chi connectivity index (χ0n) is 22.6. The van der Waals surface area contributed by atoms with Gasteiger partial charge >= 0.3 is 5.97 Å². The number of aryl methyl sites for hydroxylation is 2. The number of thiazole rings is 2. The molecular formula is C28H34N6O3S2. The summed E-state index contributed by atoms with van der Waals surface area (Å²) in [5.41, 5.74) is 2.25. The Kier molecular flexibility index (Phi) is 9.00. The van der Waals surface area contributed by atoms with Crippen molar-refractivity contribution >= 4 is 60.8 Å². The molecule has 1 saturated carbocycles. The normalized spacial score (nSPS) is 14.0. The molecular weight excluding hydrogens is 532 g/mol. The number of fused-ring (bicyclic) bond motifs is 1. The summed E-state index contributed by atoms with van der Waals surface area (Å²) >= 11 is 3.06. The number of para-hydroxylation sites is 1. The Hall–Kier alpha value is -3.15. The van der Waals surface area contributed by atoms with E-state index in [1.165, 1.54) is 30.6 Å². The van der Waals surface area contributed by atoms with Crippen LogP contribution in [-0.4, -0.2) is 52.5 Å². The predicted octanol–water partition coefficient (Wildman–Crippen LogP) is 6.82. The van der Waals surface area contributed by atoms with E-state index in [0.29, 0.717) is 48.2 Å². The minimum atomic E-state index is -0.394. The van der Waals surface area contributed by atoms with Gasteiger partial charge in [0.15, 0.2) is 27.6 Å². The first-order valence-corrected chi connectivity index (χ1v) is 15.1. The summed E-state index contributed by atoms with van der Waals surface area (Å²) < 4.78 is 12.5. The van der Waals surface area contributed by atoms with E-state index < -0.39 is 5.97 Å². The van der Waals surface area contributed by atoms with Crippen molar-refractivity contribution in [1.82, 2.24) is 20.2 Å². The minimum Gasteiger partial charge on any atom is -0.461 e. The first kappa shape index (κ1) is 27.4. The first-order chi connectivity index (χ1) is 19.0. The molecule has 9 nitrogen and oxygen atoms in total. The second-order valence-electron chi connectivity index (χ2n) is 9.63. The highest BCUT2D eigenvalue weighted by Crippen LogP contribution is 2.33. The highest BCUT2D eigenvalue weighted by Gasteiger charge is 2.23. The fraction of sp³-hybridized carbons (Fsp3) is 0.464. The molecule has 0 atom stereocenters. The molecule has 0 saturated heterocycles. The zero-order valence-corrected chi connectivity index (χ0v) is 24.2. The second-order valence-corrected chi connectivity index (χ2v) is 11.7. The number of hydrogen-bond acceptors (Lipinski definition) is 11. The predicted molar refractivity (Wildman–Crippen MR) is 157 cm³/mol. The topological polar surface area (TPSA) is 102 Å². The molecule has 4 aromatic rings. The van der Waals surface area contributed by atoms with Gasteiger partial charge in [-0.15, -0.1) is 21.5 Å². The van der Waals surface area contributed by atoms with Gasteiger partial charge in [0.05, 0.1) is 22.9 Å². The summed E-state index contributed by atoms with van der Waals surface area (Å²) in [4.78, 5) is 24.7. The number of anilines is 4. The molecule has 3 aromatic heterocycles. The van der Waals surface area contributed by atoms with E-state index >= 15 is 0 Å². The Morgan fingerprint density at radius 1 is 1.13 bits per heavy atom. The van der Waals surface area contributed by atoms with Gasteiger partial charge in [0.2, 0.25) is 0 Å². The number of carbonyl (C=O) groups is 1. The van der Waals surface area contributed by atoms with Crippen LogP contribution in [0.25, 0.3) is 10.2 Å². The van der Waals surface area contributed by atoms with Crippen molar-refractivity contribution in [2.45, 2.75) is 64.9 Å². The van der Waals surface area contributed by atoms with Gasteiger partial charge in [-0.05, 0) is 63.3 Å². The molecule has 206 valence electrons. The van der Waals surface area contributed by atoms with E-state index in [4.69, 9.17) is 9.47 Å². The van der Waals surface area contributed by atoms with Crippen LogP contribution in [0.3, 0.4) is 0 Å². The van der Waals surface area contributed by atoms with E-state index in [-0.39, 0.29) is 0 Å². The fourth-order valence-corrected chi connectivity index (χ4v) is 6.53. The average Bonchev–Trinajstić information content (AvgIpc) is 3.56. The zero-order chi connectivity index (χ0) is 27.2. The van der Waals surface area contributed by atoms with Crippen LogP contribution in [0.5, 0.6) is 0 Å². The summed E-state index contributed by atoms with van der Waals surface area (Å²) in [5.74, 6) is 0.893. The van der Waals surface area contributed by atoms with Crippen LogP contribution in [-0.2, 0) is 15.9 Å². The third-order valence-electron chi connectivity index (χ3n) is 6.73. The van der Waals surface area contributed by atoms with Gasteiger partial charge in [-0.3, -0.25) is 0 Å². The lowest BCUT2D eigenvalue weighted by molar-refractivity contribution is 0.0272. The molecule has 1 fully saturated rings. The number of aromatic nitrogens is 4. The Morgan fingerprint density at radius 2 is 1.95 bits per heavy atom. The van der Waals surface area contributed by atoms with Gasteiger partial charge in [-0.25, -0.2) is 14.8 Å². The number of nitrogens with zero attached hydrogens (tertiary/aromatic N) is 5. The van der Waals surface area contributed by atoms with Crippen molar-refractivity contribution in [3.63, 3.8) is 0 Å². The summed E-state index contributed by atoms with van der Waals surface area (Å²) in [5, 5.41) is 13.6. The lowest BCUT2D eigenvalue weighted by Gasteiger charge is -2.21. The summed E-state index contributed by atoms with van der Waals surface area (Å²) in [6, 6.07) is 9.97. The van der Waals surface area contributed by atoms with Crippen LogP contribution in [0, 0.1) is 6.92 Å². The molecule has 1 aromatic carbocycles. The van der Waals surface area contributed by atoms with Gasteiger partial charge in [-0.2, -0.15) is 0 Å². The first-order valence-electron chi connectivity index (χ1n) is 13.5. The van der Waals surface area contributed by atoms with Crippen LogP contribution in [0.15, 0.2) is 30.3 Å². The quantitative estimate of drug-likeness (QED) is 0.155. The molecule has 0 bridgehead atoms. The molecule has 0 aliphatic heterocycles. The fourth-order valence-electron chi connectivity index (χ4n) is 4.61. The standard InChI is InChI=1S/C28H34N6O3S2/c1-4-36-26(35)24-22(15-10-16-37-19-11-6-5-7-12-19)39-28(30-24)34(3)23-17-18(2)25(33-32-23)31-27-29-20-13-8-9-14-21(20)38-27/h8-9,13-14,17,19H,4-7,10-12,15-16H2,1-3H3,(H,29,31,33). The molecule has 0 radical (unpaired) electrons. The number of benzene rings is 1. The lowest BCUT2D eigenvalue weighted by Crippen LogP contribution is -2.17. The van der Waals surface area contributed by atoms with E-state index in [1.807, 2.05) is 49.2 Å². The monoisotopic (exact) mass is 566 g/mol. The SMILES string of the molecule is CCOC(=O)c1nc(N(C)c2cc(C)c(Nc3nc4ccccc4s3)nn2)sc1CCCOC1CCCCC1. The van der Waals surface area contributed by atoms with Crippen LogP contribution < -0.4 is 10.2 Å². The smallest absolute Gasteiger partial charge is 0.358 e. The Balaban J connectivity index is 1.27. The molecule has 5 rings (SSSR count). The van der Waals surface area contributed by atoms with Crippen molar-refractivity contribution in [2.24, 2.45) is 0 Å². The third kappa shape index (κ3) is 6.71. The average molecular weight is 567 g/mol. The van der Waals surface area contributed by atoms with Gasteiger partial charge < -0.3 is 19.7 Å². The van der Waals surface area contributed by atoms with E-state index in [9.17, 15) is 4.79 Å². The number of esters is 1. The number of carbonyl (C=O) groups excluding carboxylic acids is 1. The molecule has 3 heterocycles. The Bertz CT molecular complexity index is 1380. The van der Waals surface area contributed by atoms with Crippen LogP contribution in [0.1, 0.15) is 66.4 Å². The van der Waals surface area contributed by atoms with Crippen molar-refractivity contribution in [3.8, 4) is 0 Å². The van der Waals surface area contributed by atoms with Crippen molar-refractivity contribution in [1.29, 1.82) is 0 Å². The van der Waals surface area contributed by atoms with Gasteiger partial charge in [0, 0.05) is 18.5 Å². The molecule has 1 N–H and O–H groups in total. The number of ether oxygens (including phenoxy) is 2. The maximum atomic E-state index is 12.7. The third-order valence-corrected chi connectivity index (χ3v) is 8.87. The summed E-state index contributed by atoms with van der Waals surface area (Å²) in [6.07, 6.45) is 8.04. The molecule has 0 amide bonds. The van der Waals surface area contributed by atoms with Crippen molar-refractivity contribution < 1.29 is 14.3 Å². The highest BCUT2D eigenvalue weighted by atomic mass is 32.1. The number of nitrogens with one attached hydrogen (secondary N) is 1. The molecule has 39 heavy (non-hydrogen) atoms. The van der Waals surface area contributed by atoms with Gasteiger partial charge in [0.25, 0.3) is 0 Å². The molecule has 0 unspecified atom stereocenters. The van der Waals surface area contributed by atoms with E-state index in [1.54, 1.807) is 18.3 Å². The van der Waals surface area contributed by atoms with Gasteiger partial charge in [0.1, 0.15) is 0 Å². The molecule has 0 spiro atoms. The molecule has 1 aliphatic rings. The largest absolute Gasteiger partial charge is 0.461 e. The lowest BCUT2D eigenvalue weighted by atomic mass is 9.98. The van der Waals surface area contributed by atoms with Crippen molar-refractivity contribution in [3.05, 3.63) is 46.5 Å². The summed E-state index contributed by atoms with van der Waals surface area (Å²) in [7, 11) is 1.88.